The summed E-state index contributed by atoms with van der Waals surface area (Å²) in [5.74, 6) is -0.237. The van der Waals surface area contributed by atoms with Crippen LogP contribution >= 0.6 is 27.5 Å². The molecule has 1 aromatic rings. The van der Waals surface area contributed by atoms with Gasteiger partial charge in [0, 0.05) is 11.0 Å². The number of rotatable bonds is 4. The van der Waals surface area contributed by atoms with Gasteiger partial charge in [-0.1, -0.05) is 40.4 Å². The number of hydrogen-bond acceptors (Lipinski definition) is 3. The lowest BCUT2D eigenvalue weighted by Crippen LogP contribution is -2.54. The summed E-state index contributed by atoms with van der Waals surface area (Å²) in [4.78, 5) is 24.6. The van der Waals surface area contributed by atoms with Crippen LogP contribution in [0.1, 0.15) is 56.8 Å². The molecule has 7 heteroatoms. The van der Waals surface area contributed by atoms with E-state index in [0.29, 0.717) is 17.1 Å². The molecule has 1 aromatic carbocycles. The van der Waals surface area contributed by atoms with Gasteiger partial charge in [0.15, 0.2) is 0 Å². The quantitative estimate of drug-likeness (QED) is 0.728. The first-order valence-corrected chi connectivity index (χ1v) is 9.52. The number of benzene rings is 1. The van der Waals surface area contributed by atoms with Gasteiger partial charge in [-0.05, 0) is 51.8 Å². The van der Waals surface area contributed by atoms with Gasteiger partial charge in [-0.3, -0.25) is 4.79 Å². The molecule has 1 aliphatic rings. The Morgan fingerprint density at radius 3 is 2.52 bits per heavy atom. The fraction of sp³-hybridized carbons (Fsp3) is 0.556. The molecular formula is C18H24BrClN2O3. The molecule has 1 saturated carbocycles. The van der Waals surface area contributed by atoms with E-state index in [-0.39, 0.29) is 5.91 Å². The van der Waals surface area contributed by atoms with Crippen molar-refractivity contribution >= 4 is 39.5 Å². The van der Waals surface area contributed by atoms with Crippen LogP contribution in [0.3, 0.4) is 0 Å². The van der Waals surface area contributed by atoms with Gasteiger partial charge in [-0.15, -0.1) is 0 Å². The maximum Gasteiger partial charge on any atom is 0.407 e. The third-order valence-electron chi connectivity index (χ3n) is 4.08. The fourth-order valence-corrected chi connectivity index (χ4v) is 3.50. The normalized spacial score (nSPS) is 16.4. The van der Waals surface area contributed by atoms with Gasteiger partial charge < -0.3 is 15.4 Å². The SMILES string of the molecule is CC(C)(C)OC(=O)NCC1(NC(=O)c2cc(Br)ccc2Cl)CCCC1. The molecule has 0 heterocycles. The maximum atomic E-state index is 12.7. The summed E-state index contributed by atoms with van der Waals surface area (Å²) in [7, 11) is 0. The number of ether oxygens (including phenoxy) is 1. The predicted molar refractivity (Wildman–Crippen MR) is 102 cm³/mol. The highest BCUT2D eigenvalue weighted by Crippen LogP contribution is 2.30. The molecule has 25 heavy (non-hydrogen) atoms. The smallest absolute Gasteiger partial charge is 0.407 e. The second kappa shape index (κ2) is 7.96. The molecule has 0 aromatic heterocycles. The van der Waals surface area contributed by atoms with Crippen molar-refractivity contribution < 1.29 is 14.3 Å². The standard InChI is InChI=1S/C18H24BrClN2O3/c1-17(2,3)25-16(24)21-11-18(8-4-5-9-18)22-15(23)13-10-12(19)6-7-14(13)20/h6-7,10H,4-5,8-9,11H2,1-3H3,(H,21,24)(H,22,23). The van der Waals surface area contributed by atoms with Crippen molar-refractivity contribution in [1.29, 1.82) is 0 Å². The summed E-state index contributed by atoms with van der Waals surface area (Å²) >= 11 is 9.51. The number of amides is 2. The van der Waals surface area contributed by atoms with Crippen LogP contribution in [0.2, 0.25) is 5.02 Å². The Morgan fingerprint density at radius 2 is 1.92 bits per heavy atom. The summed E-state index contributed by atoms with van der Waals surface area (Å²) in [6.45, 7) is 5.78. The van der Waals surface area contributed by atoms with Crippen LogP contribution in [0.15, 0.2) is 22.7 Å². The monoisotopic (exact) mass is 430 g/mol. The van der Waals surface area contributed by atoms with E-state index in [4.69, 9.17) is 16.3 Å². The van der Waals surface area contributed by atoms with Crippen LogP contribution in [0.25, 0.3) is 0 Å². The average Bonchev–Trinajstić information content (AvgIpc) is 2.95. The molecule has 0 saturated heterocycles. The molecule has 0 unspecified atom stereocenters. The van der Waals surface area contributed by atoms with Crippen molar-refractivity contribution in [2.24, 2.45) is 0 Å². The van der Waals surface area contributed by atoms with Crippen molar-refractivity contribution in [3.05, 3.63) is 33.3 Å². The molecule has 0 aliphatic heterocycles. The minimum atomic E-state index is -0.556. The first-order chi connectivity index (χ1) is 11.6. The molecule has 5 nitrogen and oxygen atoms in total. The Hall–Kier alpha value is -1.27. The Balaban J connectivity index is 2.05. The minimum absolute atomic E-state index is 0.237. The zero-order valence-corrected chi connectivity index (χ0v) is 17.1. The molecule has 0 bridgehead atoms. The van der Waals surface area contributed by atoms with E-state index in [1.165, 1.54) is 0 Å². The van der Waals surface area contributed by atoms with Gasteiger partial charge in [0.2, 0.25) is 0 Å². The second-order valence-electron chi connectivity index (χ2n) is 7.42. The van der Waals surface area contributed by atoms with Gasteiger partial charge in [-0.25, -0.2) is 4.79 Å². The molecular weight excluding hydrogens is 408 g/mol. The molecule has 0 atom stereocenters. The second-order valence-corrected chi connectivity index (χ2v) is 8.74. The molecule has 2 N–H and O–H groups in total. The zero-order valence-electron chi connectivity index (χ0n) is 14.7. The Morgan fingerprint density at radius 1 is 1.28 bits per heavy atom. The van der Waals surface area contributed by atoms with Crippen LogP contribution in [-0.2, 0) is 4.74 Å². The molecule has 0 spiro atoms. The summed E-state index contributed by atoms with van der Waals surface area (Å²) in [5, 5.41) is 6.26. The highest BCUT2D eigenvalue weighted by atomic mass is 79.9. The first-order valence-electron chi connectivity index (χ1n) is 8.35. The van der Waals surface area contributed by atoms with Crippen LogP contribution in [-0.4, -0.2) is 29.7 Å². The van der Waals surface area contributed by atoms with Crippen LogP contribution in [0.4, 0.5) is 4.79 Å². The van der Waals surface area contributed by atoms with E-state index in [1.54, 1.807) is 18.2 Å². The third-order valence-corrected chi connectivity index (χ3v) is 4.91. The molecule has 2 rings (SSSR count). The first kappa shape index (κ1) is 20.0. The number of hydrogen-bond donors (Lipinski definition) is 2. The summed E-state index contributed by atoms with van der Waals surface area (Å²) in [5.41, 5.74) is -0.612. The average molecular weight is 432 g/mol. The molecule has 1 fully saturated rings. The van der Waals surface area contributed by atoms with Crippen molar-refractivity contribution in [2.75, 3.05) is 6.54 Å². The van der Waals surface area contributed by atoms with Gasteiger partial charge in [0.05, 0.1) is 16.1 Å². The lowest BCUT2D eigenvalue weighted by atomic mass is 9.96. The van der Waals surface area contributed by atoms with Crippen LogP contribution in [0.5, 0.6) is 0 Å². The zero-order chi connectivity index (χ0) is 18.7. The van der Waals surface area contributed by atoms with Crippen molar-refractivity contribution in [2.45, 2.75) is 57.6 Å². The summed E-state index contributed by atoms with van der Waals surface area (Å²) in [6.07, 6.45) is 3.14. The van der Waals surface area contributed by atoms with Crippen LogP contribution < -0.4 is 10.6 Å². The Bertz CT molecular complexity index is 652. The lowest BCUT2D eigenvalue weighted by molar-refractivity contribution is 0.0505. The van der Waals surface area contributed by atoms with Crippen molar-refractivity contribution in [3.8, 4) is 0 Å². The minimum Gasteiger partial charge on any atom is -0.444 e. The highest BCUT2D eigenvalue weighted by Gasteiger charge is 2.36. The van der Waals surface area contributed by atoms with Gasteiger partial charge in [0.25, 0.3) is 5.91 Å². The molecule has 2 amide bonds. The van der Waals surface area contributed by atoms with E-state index in [2.05, 4.69) is 26.6 Å². The van der Waals surface area contributed by atoms with Gasteiger partial charge in [0.1, 0.15) is 5.60 Å². The van der Waals surface area contributed by atoms with E-state index in [9.17, 15) is 9.59 Å². The van der Waals surface area contributed by atoms with E-state index < -0.39 is 17.2 Å². The summed E-state index contributed by atoms with van der Waals surface area (Å²) in [6, 6.07) is 5.16. The topological polar surface area (TPSA) is 67.4 Å². The Kier molecular flexibility index (Phi) is 6.38. The molecule has 1 aliphatic carbocycles. The largest absolute Gasteiger partial charge is 0.444 e. The molecule has 0 radical (unpaired) electrons. The van der Waals surface area contributed by atoms with Gasteiger partial charge >= 0.3 is 6.09 Å². The Labute approximate surface area is 162 Å². The predicted octanol–water partition coefficient (Wildman–Crippen LogP) is 4.67. The number of alkyl carbamates (subject to hydrolysis) is 1. The van der Waals surface area contributed by atoms with E-state index in [0.717, 1.165) is 30.2 Å². The van der Waals surface area contributed by atoms with Crippen LogP contribution in [0, 0.1) is 0 Å². The number of carbonyl (C=O) groups excluding carboxylic acids is 2. The summed E-state index contributed by atoms with van der Waals surface area (Å²) < 4.78 is 6.06. The number of halogens is 2. The van der Waals surface area contributed by atoms with Crippen molar-refractivity contribution in [3.63, 3.8) is 0 Å². The third kappa shape index (κ3) is 5.89. The number of nitrogens with one attached hydrogen (secondary N) is 2. The fourth-order valence-electron chi connectivity index (χ4n) is 2.93. The van der Waals surface area contributed by atoms with E-state index >= 15 is 0 Å². The lowest BCUT2D eigenvalue weighted by Gasteiger charge is -2.31. The van der Waals surface area contributed by atoms with Crippen molar-refractivity contribution in [1.82, 2.24) is 10.6 Å². The van der Waals surface area contributed by atoms with E-state index in [1.807, 2.05) is 20.8 Å². The highest BCUT2D eigenvalue weighted by molar-refractivity contribution is 9.10. The number of carbonyl (C=O) groups is 2. The van der Waals surface area contributed by atoms with Gasteiger partial charge in [-0.2, -0.15) is 0 Å². The molecule has 138 valence electrons. The maximum absolute atomic E-state index is 12.7.